The molecule has 0 radical (unpaired) electrons. The normalized spacial score (nSPS) is 19.6. The first-order valence-electron chi connectivity index (χ1n) is 17.6. The number of nitrogens with zero attached hydrogens (tertiary/aromatic N) is 4. The number of likely N-dealkylation sites (tertiary alicyclic amines) is 1. The summed E-state index contributed by atoms with van der Waals surface area (Å²) in [5.41, 5.74) is 1.25. The first-order valence-corrected chi connectivity index (χ1v) is 20.6. The van der Waals surface area contributed by atoms with E-state index in [1.807, 2.05) is 38.2 Å². The summed E-state index contributed by atoms with van der Waals surface area (Å²) in [6, 6.07) is -0.493. The monoisotopic (exact) mass is 733 g/mol. The predicted molar refractivity (Wildman–Crippen MR) is 198 cm³/mol. The summed E-state index contributed by atoms with van der Waals surface area (Å²) in [7, 11) is 3.82. The Balaban J connectivity index is 1.48. The van der Waals surface area contributed by atoms with Crippen molar-refractivity contribution in [3.63, 3.8) is 0 Å². The number of ketones is 1. The van der Waals surface area contributed by atoms with Crippen LogP contribution < -0.4 is 5.32 Å². The van der Waals surface area contributed by atoms with Gasteiger partial charge in [-0.15, -0.1) is 22.7 Å². The highest BCUT2D eigenvalue weighted by Crippen LogP contribution is 2.37. The second kappa shape index (κ2) is 18.2. The number of esters is 1. The van der Waals surface area contributed by atoms with Crippen LogP contribution in [0.25, 0.3) is 0 Å². The van der Waals surface area contributed by atoms with Crippen LogP contribution in [-0.4, -0.2) is 93.6 Å². The highest BCUT2D eigenvalue weighted by Gasteiger charge is 2.41. The molecular formula is C36H55N5O5S3. The number of ether oxygens (including phenoxy) is 1. The lowest BCUT2D eigenvalue weighted by Crippen LogP contribution is -2.50. The molecular weight excluding hydrogens is 679 g/mol. The first-order chi connectivity index (χ1) is 23.2. The summed E-state index contributed by atoms with van der Waals surface area (Å²) >= 11 is 4.70. The Morgan fingerprint density at radius 3 is 2.37 bits per heavy atom. The van der Waals surface area contributed by atoms with Crippen molar-refractivity contribution < 1.29 is 23.9 Å². The second-order valence-electron chi connectivity index (χ2n) is 14.6. The molecule has 2 aromatic rings. The van der Waals surface area contributed by atoms with Gasteiger partial charge in [-0.25, -0.2) is 9.97 Å². The third kappa shape index (κ3) is 11.1. The first kappa shape index (κ1) is 39.4. The molecule has 2 saturated heterocycles. The van der Waals surface area contributed by atoms with Crippen molar-refractivity contribution >= 4 is 58.0 Å². The number of nitrogens with one attached hydrogen (secondary N) is 1. The van der Waals surface area contributed by atoms with Crippen molar-refractivity contribution in [1.29, 1.82) is 0 Å². The highest BCUT2D eigenvalue weighted by molar-refractivity contribution is 8.00. The zero-order chi connectivity index (χ0) is 35.8. The predicted octanol–water partition coefficient (Wildman–Crippen LogP) is 6.20. The van der Waals surface area contributed by atoms with E-state index in [1.54, 1.807) is 21.6 Å². The minimum atomic E-state index is -0.730. The van der Waals surface area contributed by atoms with E-state index < -0.39 is 12.1 Å². The van der Waals surface area contributed by atoms with Crippen LogP contribution in [0, 0.1) is 30.6 Å². The Hall–Kier alpha value is -2.35. The molecule has 272 valence electrons. The van der Waals surface area contributed by atoms with Crippen LogP contribution >= 0.6 is 34.4 Å². The van der Waals surface area contributed by atoms with Gasteiger partial charge in [0.2, 0.25) is 5.91 Å². The zero-order valence-corrected chi connectivity index (χ0v) is 32.8. The number of carbonyl (C=O) groups excluding carboxylic acids is 4. The smallest absolute Gasteiger partial charge is 0.303 e. The summed E-state index contributed by atoms with van der Waals surface area (Å²) in [6.07, 6.45) is 4.30. The number of aromatic nitrogens is 2. The molecule has 0 unspecified atom stereocenters. The molecule has 0 aromatic carbocycles. The van der Waals surface area contributed by atoms with Gasteiger partial charge < -0.3 is 15.0 Å². The lowest BCUT2D eigenvalue weighted by molar-refractivity contribution is -0.149. The van der Waals surface area contributed by atoms with Gasteiger partial charge in [0, 0.05) is 67.7 Å². The Labute approximate surface area is 304 Å². The van der Waals surface area contributed by atoms with Crippen LogP contribution in [0.15, 0.2) is 10.8 Å². The molecule has 2 fully saturated rings. The van der Waals surface area contributed by atoms with Crippen molar-refractivity contribution in [2.75, 3.05) is 32.1 Å². The summed E-state index contributed by atoms with van der Waals surface area (Å²) in [5, 5.41) is 8.39. The van der Waals surface area contributed by atoms with Crippen molar-refractivity contribution in [1.82, 2.24) is 25.1 Å². The molecule has 4 rings (SSSR count). The number of rotatable bonds is 17. The number of aryl methyl sites for hydroxylation is 1. The van der Waals surface area contributed by atoms with Gasteiger partial charge in [-0.1, -0.05) is 34.1 Å². The van der Waals surface area contributed by atoms with Crippen LogP contribution in [0.5, 0.6) is 0 Å². The molecule has 4 heterocycles. The molecule has 1 N–H and O–H groups in total. The van der Waals surface area contributed by atoms with E-state index in [2.05, 4.69) is 47.9 Å². The average Bonchev–Trinajstić information content (AvgIpc) is 3.66. The summed E-state index contributed by atoms with van der Waals surface area (Å²) < 4.78 is 5.82. The van der Waals surface area contributed by atoms with E-state index in [0.29, 0.717) is 23.8 Å². The maximum atomic E-state index is 14.2. The lowest BCUT2D eigenvalue weighted by Gasteiger charge is -2.40. The van der Waals surface area contributed by atoms with Gasteiger partial charge in [-0.3, -0.25) is 24.1 Å². The third-order valence-electron chi connectivity index (χ3n) is 9.70. The number of thiazole rings is 2. The van der Waals surface area contributed by atoms with Crippen LogP contribution in [-0.2, 0) is 25.5 Å². The molecule has 2 amide bonds. The van der Waals surface area contributed by atoms with Crippen molar-refractivity contribution in [3.05, 3.63) is 32.2 Å². The van der Waals surface area contributed by atoms with E-state index in [1.165, 1.54) is 18.3 Å². The van der Waals surface area contributed by atoms with Crippen molar-refractivity contribution in [3.8, 4) is 0 Å². The van der Waals surface area contributed by atoms with Crippen LogP contribution in [0.2, 0.25) is 0 Å². The molecule has 0 aliphatic carbocycles. The van der Waals surface area contributed by atoms with E-state index in [0.717, 1.165) is 54.4 Å². The number of piperidine rings is 1. The number of amides is 2. The van der Waals surface area contributed by atoms with Gasteiger partial charge in [0.05, 0.1) is 11.0 Å². The van der Waals surface area contributed by atoms with Crippen LogP contribution in [0.4, 0.5) is 0 Å². The molecule has 0 spiro atoms. The van der Waals surface area contributed by atoms with Crippen molar-refractivity contribution in [2.45, 2.75) is 111 Å². The van der Waals surface area contributed by atoms with Gasteiger partial charge >= 0.3 is 5.97 Å². The number of carbonyl (C=O) groups is 4. The fourth-order valence-corrected chi connectivity index (χ4v) is 9.63. The number of Topliss-reactive ketones (excluding diaryl/α,β-unsaturated/α-hetero) is 1. The number of thioether (sulfide) groups is 1. The fraction of sp³-hybridized carbons (Fsp3) is 0.722. The maximum absolute atomic E-state index is 14.2. The Kier molecular flexibility index (Phi) is 14.7. The molecule has 13 heteroatoms. The maximum Gasteiger partial charge on any atom is 0.303 e. The standard InChI is InChI=1S/C36H55N5O5S3/c1-21(2)13-26(14-33-37-23(5)17-48-33)38-34(44)28-20-49-35(39-28)32(46-24(6)42)16-30(22(3)4)41(8)36(45)27(25-18-47-19-25)15-31(43)29-11-9-10-12-40(29)7/h17,20-22,25-27,29-30,32H,9-16,18-19H2,1-8H3,(H,38,44)/t26-,27+,29-,30-,32-/m1/s1. The Morgan fingerprint density at radius 1 is 1.06 bits per heavy atom. The molecule has 0 saturated carbocycles. The molecule has 5 atom stereocenters. The van der Waals surface area contributed by atoms with Gasteiger partial charge in [0.15, 0.2) is 11.9 Å². The molecule has 49 heavy (non-hydrogen) atoms. The zero-order valence-electron chi connectivity index (χ0n) is 30.4. The molecule has 10 nitrogen and oxygen atoms in total. The SMILES string of the molecule is CC(=O)O[C@H](C[C@H](C(C)C)N(C)C(=O)[C@@H](CC(=O)[C@H]1CCCCN1C)C1CSC1)c1nc(C(=O)N[C@@H](Cc2nc(C)cs2)CC(C)C)cs1. The van der Waals surface area contributed by atoms with Crippen molar-refractivity contribution in [2.24, 2.45) is 23.7 Å². The van der Waals surface area contributed by atoms with Gasteiger partial charge in [0.1, 0.15) is 10.7 Å². The molecule has 2 aliphatic heterocycles. The van der Waals surface area contributed by atoms with E-state index in [9.17, 15) is 19.2 Å². The number of hydrogen-bond acceptors (Lipinski definition) is 11. The Bertz CT molecular complexity index is 1420. The fourth-order valence-electron chi connectivity index (χ4n) is 6.97. The topological polar surface area (TPSA) is 122 Å². The van der Waals surface area contributed by atoms with Crippen LogP contribution in [0.1, 0.15) is 105 Å². The van der Waals surface area contributed by atoms with E-state index >= 15 is 0 Å². The largest absolute Gasteiger partial charge is 0.455 e. The van der Waals surface area contributed by atoms with Gasteiger partial charge in [-0.2, -0.15) is 11.8 Å². The Morgan fingerprint density at radius 2 is 1.80 bits per heavy atom. The second-order valence-corrected chi connectivity index (χ2v) is 17.5. The number of hydrogen-bond donors (Lipinski definition) is 1. The molecule has 0 bridgehead atoms. The van der Waals surface area contributed by atoms with Gasteiger partial charge in [0.25, 0.3) is 5.91 Å². The summed E-state index contributed by atoms with van der Waals surface area (Å²) in [6.45, 7) is 12.6. The molecule has 2 aromatic heterocycles. The quantitative estimate of drug-likeness (QED) is 0.190. The van der Waals surface area contributed by atoms with E-state index in [4.69, 9.17) is 4.74 Å². The summed E-state index contributed by atoms with van der Waals surface area (Å²) in [5.74, 6) is 1.40. The van der Waals surface area contributed by atoms with Crippen LogP contribution in [0.3, 0.4) is 0 Å². The highest BCUT2D eigenvalue weighted by atomic mass is 32.2. The van der Waals surface area contributed by atoms with Gasteiger partial charge in [-0.05, 0) is 69.0 Å². The van der Waals surface area contributed by atoms with E-state index in [-0.39, 0.29) is 65.6 Å². The minimum Gasteiger partial charge on any atom is -0.455 e. The minimum absolute atomic E-state index is 0.0248. The average molecular weight is 734 g/mol. The molecule has 2 aliphatic rings. The summed E-state index contributed by atoms with van der Waals surface area (Å²) in [4.78, 5) is 66.7. The lowest BCUT2D eigenvalue weighted by atomic mass is 9.84. The number of likely N-dealkylation sites (N-methyl/N-ethyl adjacent to an activating group) is 1. The third-order valence-corrected chi connectivity index (χ3v) is 13.0.